The summed E-state index contributed by atoms with van der Waals surface area (Å²) in [6.45, 7) is 3.73. The van der Waals surface area contributed by atoms with Crippen molar-refractivity contribution < 1.29 is 8.78 Å². The van der Waals surface area contributed by atoms with Crippen molar-refractivity contribution in [2.75, 3.05) is 31.1 Å². The highest BCUT2D eigenvalue weighted by molar-refractivity contribution is 5.41. The van der Waals surface area contributed by atoms with Crippen LogP contribution in [0, 0.1) is 0 Å². The van der Waals surface area contributed by atoms with Gasteiger partial charge in [-0.3, -0.25) is 9.69 Å². The van der Waals surface area contributed by atoms with Gasteiger partial charge in [-0.2, -0.15) is 0 Å². The van der Waals surface area contributed by atoms with Crippen LogP contribution in [0.15, 0.2) is 29.2 Å². The van der Waals surface area contributed by atoms with Gasteiger partial charge in [-0.1, -0.05) is 0 Å². The van der Waals surface area contributed by atoms with E-state index in [0.717, 1.165) is 31.5 Å². The number of piperazine rings is 1. The Labute approximate surface area is 156 Å². The van der Waals surface area contributed by atoms with Crippen LogP contribution in [0.25, 0.3) is 0 Å². The maximum absolute atomic E-state index is 13.2. The normalized spacial score (nSPS) is 18.3. The molecule has 2 aromatic rings. The molecule has 0 bridgehead atoms. The Morgan fingerprint density at radius 1 is 1.15 bits per heavy atom. The highest BCUT2D eigenvalue weighted by Gasteiger charge is 2.29. The van der Waals surface area contributed by atoms with Crippen LogP contribution >= 0.6 is 0 Å². The second kappa shape index (κ2) is 7.34. The molecule has 0 spiro atoms. The molecule has 27 heavy (non-hydrogen) atoms. The van der Waals surface area contributed by atoms with Gasteiger partial charge in [-0.05, 0) is 24.5 Å². The number of aromatic nitrogens is 3. The SMILES string of the molecule is Cn1ccc(CN2CCN(c3cc(C(F)F)nc(C4CC4)n3)CC2)cc1=O. The Balaban J connectivity index is 1.43. The smallest absolute Gasteiger partial charge is 0.280 e. The first-order valence-electron chi connectivity index (χ1n) is 9.29. The van der Waals surface area contributed by atoms with E-state index in [1.165, 1.54) is 6.07 Å². The van der Waals surface area contributed by atoms with E-state index in [0.29, 0.717) is 31.3 Å². The number of aryl methyl sites for hydroxylation is 1. The summed E-state index contributed by atoms with van der Waals surface area (Å²) in [7, 11) is 1.73. The van der Waals surface area contributed by atoms with Crippen LogP contribution in [0.1, 0.15) is 42.3 Å². The third-order valence-corrected chi connectivity index (χ3v) is 5.19. The predicted octanol–water partition coefficient (Wildman–Crippen LogP) is 2.31. The van der Waals surface area contributed by atoms with Gasteiger partial charge < -0.3 is 9.47 Å². The fourth-order valence-electron chi connectivity index (χ4n) is 3.35. The molecule has 6 nitrogen and oxygen atoms in total. The molecule has 0 radical (unpaired) electrons. The van der Waals surface area contributed by atoms with E-state index >= 15 is 0 Å². The standard InChI is InChI=1S/C19H23F2N5O/c1-24-5-4-13(10-17(24)27)12-25-6-8-26(9-7-25)16-11-15(18(20)21)22-19(23-16)14-2-3-14/h4-5,10-11,14,18H,2-3,6-9,12H2,1H3. The average molecular weight is 375 g/mol. The van der Waals surface area contributed by atoms with Crippen LogP contribution in [0.3, 0.4) is 0 Å². The third kappa shape index (κ3) is 4.16. The minimum atomic E-state index is -2.58. The molecule has 4 rings (SSSR count). The van der Waals surface area contributed by atoms with Crippen LogP contribution in [-0.2, 0) is 13.6 Å². The highest BCUT2D eigenvalue weighted by atomic mass is 19.3. The van der Waals surface area contributed by atoms with E-state index in [9.17, 15) is 13.6 Å². The Hall–Kier alpha value is -2.35. The number of halogens is 2. The summed E-state index contributed by atoms with van der Waals surface area (Å²) in [6.07, 6.45) is 1.17. The van der Waals surface area contributed by atoms with Crippen molar-refractivity contribution in [3.63, 3.8) is 0 Å². The van der Waals surface area contributed by atoms with Crippen LogP contribution in [0.4, 0.5) is 14.6 Å². The second-order valence-electron chi connectivity index (χ2n) is 7.33. The van der Waals surface area contributed by atoms with Gasteiger partial charge in [-0.15, -0.1) is 0 Å². The fraction of sp³-hybridized carbons (Fsp3) is 0.526. The van der Waals surface area contributed by atoms with Gasteiger partial charge in [0, 0.05) is 64.0 Å². The molecule has 3 heterocycles. The lowest BCUT2D eigenvalue weighted by Gasteiger charge is -2.35. The average Bonchev–Trinajstić information content (AvgIpc) is 3.50. The molecule has 8 heteroatoms. The second-order valence-corrected chi connectivity index (χ2v) is 7.33. The summed E-state index contributed by atoms with van der Waals surface area (Å²) >= 11 is 0. The quantitative estimate of drug-likeness (QED) is 0.803. The van der Waals surface area contributed by atoms with E-state index in [-0.39, 0.29) is 17.2 Å². The van der Waals surface area contributed by atoms with Gasteiger partial charge in [0.25, 0.3) is 12.0 Å². The fourth-order valence-corrected chi connectivity index (χ4v) is 3.35. The first-order chi connectivity index (χ1) is 13.0. The maximum atomic E-state index is 13.2. The minimum absolute atomic E-state index is 0.0146. The van der Waals surface area contributed by atoms with Crippen molar-refractivity contribution in [1.82, 2.24) is 19.4 Å². The van der Waals surface area contributed by atoms with Crippen LogP contribution < -0.4 is 10.5 Å². The molecule has 1 saturated heterocycles. The molecule has 0 N–H and O–H groups in total. The Bertz CT molecular complexity index is 852. The third-order valence-electron chi connectivity index (χ3n) is 5.19. The number of anilines is 1. The van der Waals surface area contributed by atoms with E-state index < -0.39 is 6.43 Å². The van der Waals surface area contributed by atoms with Gasteiger partial charge in [0.05, 0.1) is 0 Å². The zero-order valence-electron chi connectivity index (χ0n) is 15.3. The van der Waals surface area contributed by atoms with E-state index in [1.807, 2.05) is 6.07 Å². The number of hydrogen-bond acceptors (Lipinski definition) is 5. The van der Waals surface area contributed by atoms with Gasteiger partial charge in [0.2, 0.25) is 0 Å². The molecule has 1 saturated carbocycles. The molecule has 0 atom stereocenters. The number of pyridine rings is 1. The number of nitrogens with zero attached hydrogens (tertiary/aromatic N) is 5. The van der Waals surface area contributed by atoms with Crippen LogP contribution in [0.2, 0.25) is 0 Å². The predicted molar refractivity (Wildman–Crippen MR) is 98.1 cm³/mol. The van der Waals surface area contributed by atoms with Gasteiger partial charge in [0.15, 0.2) is 0 Å². The number of hydrogen-bond donors (Lipinski definition) is 0. The molecule has 2 aliphatic rings. The topological polar surface area (TPSA) is 54.3 Å². The van der Waals surface area contributed by atoms with Crippen molar-refractivity contribution in [2.45, 2.75) is 31.7 Å². The Morgan fingerprint density at radius 2 is 1.89 bits per heavy atom. The lowest BCUT2D eigenvalue weighted by atomic mass is 10.2. The first kappa shape index (κ1) is 18.0. The molecule has 0 aromatic carbocycles. The summed E-state index contributed by atoms with van der Waals surface area (Å²) in [5.41, 5.74) is 0.799. The zero-order valence-corrected chi connectivity index (χ0v) is 15.3. The van der Waals surface area contributed by atoms with Crippen molar-refractivity contribution >= 4 is 5.82 Å². The van der Waals surface area contributed by atoms with Gasteiger partial charge in [0.1, 0.15) is 17.3 Å². The lowest BCUT2D eigenvalue weighted by molar-refractivity contribution is 0.145. The number of alkyl halides is 2. The van der Waals surface area contributed by atoms with Crippen LogP contribution in [-0.4, -0.2) is 45.6 Å². The van der Waals surface area contributed by atoms with Crippen LogP contribution in [0.5, 0.6) is 0 Å². The van der Waals surface area contributed by atoms with E-state index in [1.54, 1.807) is 23.9 Å². The molecule has 0 amide bonds. The molecule has 0 unspecified atom stereocenters. The molecule has 144 valence electrons. The van der Waals surface area contributed by atoms with E-state index in [4.69, 9.17) is 0 Å². The molecule has 2 fully saturated rings. The number of rotatable bonds is 5. The summed E-state index contributed by atoms with van der Waals surface area (Å²) in [5.74, 6) is 1.41. The molecule has 2 aromatic heterocycles. The van der Waals surface area contributed by atoms with Gasteiger partial charge in [-0.25, -0.2) is 18.7 Å². The zero-order chi connectivity index (χ0) is 19.0. The van der Waals surface area contributed by atoms with Crippen molar-refractivity contribution in [1.29, 1.82) is 0 Å². The summed E-state index contributed by atoms with van der Waals surface area (Å²) in [6, 6.07) is 5.04. The van der Waals surface area contributed by atoms with E-state index in [2.05, 4.69) is 19.8 Å². The maximum Gasteiger partial charge on any atom is 0.280 e. The molecular formula is C19H23F2N5O. The first-order valence-corrected chi connectivity index (χ1v) is 9.29. The Kier molecular flexibility index (Phi) is 4.90. The Morgan fingerprint density at radius 3 is 2.52 bits per heavy atom. The van der Waals surface area contributed by atoms with Gasteiger partial charge >= 0.3 is 0 Å². The summed E-state index contributed by atoms with van der Waals surface area (Å²) in [4.78, 5) is 24.7. The largest absolute Gasteiger partial charge is 0.354 e. The highest BCUT2D eigenvalue weighted by Crippen LogP contribution is 2.39. The van der Waals surface area contributed by atoms with Crippen molar-refractivity contribution in [2.24, 2.45) is 7.05 Å². The van der Waals surface area contributed by atoms with Crippen molar-refractivity contribution in [3.8, 4) is 0 Å². The molecule has 1 aliphatic heterocycles. The summed E-state index contributed by atoms with van der Waals surface area (Å²) < 4.78 is 27.9. The van der Waals surface area contributed by atoms with Crippen molar-refractivity contribution in [3.05, 3.63) is 51.8 Å². The minimum Gasteiger partial charge on any atom is -0.354 e. The molecular weight excluding hydrogens is 352 g/mol. The lowest BCUT2D eigenvalue weighted by Crippen LogP contribution is -2.46. The monoisotopic (exact) mass is 375 g/mol. The molecule has 1 aliphatic carbocycles. The summed E-state index contributed by atoms with van der Waals surface area (Å²) in [5, 5.41) is 0.